The molecule has 2 N–H and O–H groups in total. The van der Waals surface area contributed by atoms with Crippen molar-refractivity contribution in [3.63, 3.8) is 0 Å². The minimum atomic E-state index is -0.430. The maximum atomic E-state index is 13.0. The van der Waals surface area contributed by atoms with E-state index in [-0.39, 0.29) is 5.97 Å². The van der Waals surface area contributed by atoms with Gasteiger partial charge in [0.2, 0.25) is 0 Å². The van der Waals surface area contributed by atoms with E-state index < -0.39 is 6.04 Å². The van der Waals surface area contributed by atoms with Gasteiger partial charge in [-0.3, -0.25) is 0 Å². The summed E-state index contributed by atoms with van der Waals surface area (Å²) in [5, 5.41) is 6.71. The van der Waals surface area contributed by atoms with Crippen LogP contribution in [-0.2, 0) is 16.0 Å². The highest BCUT2D eigenvalue weighted by molar-refractivity contribution is 7.80. The fourth-order valence-corrected chi connectivity index (χ4v) is 3.52. The summed E-state index contributed by atoms with van der Waals surface area (Å²) < 4.78 is 11.5. The molecule has 0 unspecified atom stereocenters. The highest BCUT2D eigenvalue weighted by Crippen LogP contribution is 2.33. The quantitative estimate of drug-likeness (QED) is 0.506. The second kappa shape index (κ2) is 10.1. The molecule has 2 aromatic carbocycles. The SMILES string of the molecule is CCCOc1ccccc1[C@@H]1NC(=S)NC(C)=C1C(=O)OCCc1ccccc1. The van der Waals surface area contributed by atoms with Gasteiger partial charge in [0.05, 0.1) is 24.8 Å². The fraction of sp³-hybridized carbons (Fsp3) is 0.304. The molecule has 1 heterocycles. The van der Waals surface area contributed by atoms with Gasteiger partial charge in [0, 0.05) is 17.7 Å². The molecule has 3 rings (SSSR count). The van der Waals surface area contributed by atoms with Gasteiger partial charge in [-0.15, -0.1) is 0 Å². The summed E-state index contributed by atoms with van der Waals surface area (Å²) in [5.74, 6) is 0.371. The lowest BCUT2D eigenvalue weighted by Crippen LogP contribution is -2.45. The predicted molar refractivity (Wildman–Crippen MR) is 118 cm³/mol. The first-order valence-corrected chi connectivity index (χ1v) is 10.2. The van der Waals surface area contributed by atoms with E-state index in [9.17, 15) is 4.79 Å². The first-order valence-electron chi connectivity index (χ1n) is 9.81. The van der Waals surface area contributed by atoms with Crippen molar-refractivity contribution < 1.29 is 14.3 Å². The van der Waals surface area contributed by atoms with Crippen molar-refractivity contribution >= 4 is 23.3 Å². The molecular weight excluding hydrogens is 384 g/mol. The highest BCUT2D eigenvalue weighted by atomic mass is 32.1. The Bertz CT molecular complexity index is 896. The summed E-state index contributed by atoms with van der Waals surface area (Å²) in [6, 6.07) is 17.2. The van der Waals surface area contributed by atoms with Gasteiger partial charge in [0.25, 0.3) is 0 Å². The number of ether oxygens (including phenoxy) is 2. The van der Waals surface area contributed by atoms with Crippen LogP contribution < -0.4 is 15.4 Å². The van der Waals surface area contributed by atoms with Crippen molar-refractivity contribution in [1.29, 1.82) is 0 Å². The van der Waals surface area contributed by atoms with E-state index >= 15 is 0 Å². The molecule has 0 bridgehead atoms. The molecular formula is C23H26N2O3S. The van der Waals surface area contributed by atoms with E-state index in [4.69, 9.17) is 21.7 Å². The Morgan fingerprint density at radius 1 is 1.07 bits per heavy atom. The zero-order valence-electron chi connectivity index (χ0n) is 16.7. The Kier molecular flexibility index (Phi) is 7.25. The number of carbonyl (C=O) groups excluding carboxylic acids is 1. The van der Waals surface area contributed by atoms with Crippen LogP contribution in [0.1, 0.15) is 37.4 Å². The molecule has 0 fully saturated rings. The average molecular weight is 411 g/mol. The van der Waals surface area contributed by atoms with E-state index in [0.717, 1.165) is 23.3 Å². The molecule has 1 aliphatic heterocycles. The summed E-state index contributed by atoms with van der Waals surface area (Å²) in [7, 11) is 0. The van der Waals surface area contributed by atoms with Gasteiger partial charge in [0.1, 0.15) is 5.75 Å². The number of allylic oxidation sites excluding steroid dienone is 1. The summed E-state index contributed by atoms with van der Waals surface area (Å²) in [6.45, 7) is 4.81. The Morgan fingerprint density at radius 2 is 1.79 bits per heavy atom. The minimum absolute atomic E-state index is 0.310. The molecule has 0 aliphatic carbocycles. The topological polar surface area (TPSA) is 59.6 Å². The molecule has 0 spiro atoms. The zero-order chi connectivity index (χ0) is 20.6. The van der Waals surface area contributed by atoms with Crippen LogP contribution in [0.4, 0.5) is 0 Å². The lowest BCUT2D eigenvalue weighted by molar-refractivity contribution is -0.139. The number of benzene rings is 2. The number of hydrogen-bond acceptors (Lipinski definition) is 4. The van der Waals surface area contributed by atoms with Gasteiger partial charge in [0.15, 0.2) is 5.11 Å². The van der Waals surface area contributed by atoms with Crippen LogP contribution in [0.15, 0.2) is 65.9 Å². The fourth-order valence-electron chi connectivity index (χ4n) is 3.24. The van der Waals surface area contributed by atoms with Crippen molar-refractivity contribution in [3.8, 4) is 5.75 Å². The Morgan fingerprint density at radius 3 is 2.55 bits per heavy atom. The van der Waals surface area contributed by atoms with Crippen LogP contribution in [0.3, 0.4) is 0 Å². The standard InChI is InChI=1S/C23H26N2O3S/c1-3-14-27-19-12-8-7-11-18(19)21-20(16(2)24-23(29)25-21)22(26)28-15-13-17-9-5-4-6-10-17/h4-12,21H,3,13-15H2,1-2H3,(H2,24,25,29)/t21-/m0/s1. The molecule has 29 heavy (non-hydrogen) atoms. The van der Waals surface area contributed by atoms with E-state index in [1.54, 1.807) is 0 Å². The molecule has 1 atom stereocenters. The number of para-hydroxylation sites is 1. The van der Waals surface area contributed by atoms with Crippen molar-refractivity contribution in [2.24, 2.45) is 0 Å². The van der Waals surface area contributed by atoms with Crippen LogP contribution in [0.25, 0.3) is 0 Å². The van der Waals surface area contributed by atoms with Crippen LogP contribution in [0, 0.1) is 0 Å². The van der Waals surface area contributed by atoms with Gasteiger partial charge in [-0.1, -0.05) is 55.5 Å². The maximum absolute atomic E-state index is 13.0. The second-order valence-corrected chi connectivity index (χ2v) is 7.24. The van der Waals surface area contributed by atoms with Crippen molar-refractivity contribution in [2.75, 3.05) is 13.2 Å². The molecule has 0 saturated carbocycles. The van der Waals surface area contributed by atoms with Gasteiger partial charge >= 0.3 is 5.97 Å². The summed E-state index contributed by atoms with van der Waals surface area (Å²) in [4.78, 5) is 13.0. The highest BCUT2D eigenvalue weighted by Gasteiger charge is 2.32. The molecule has 6 heteroatoms. The number of nitrogens with one attached hydrogen (secondary N) is 2. The van der Waals surface area contributed by atoms with Gasteiger partial charge in [-0.2, -0.15) is 0 Å². The number of hydrogen-bond donors (Lipinski definition) is 2. The van der Waals surface area contributed by atoms with Crippen molar-refractivity contribution in [2.45, 2.75) is 32.7 Å². The first kappa shape index (κ1) is 20.9. The Hall–Kier alpha value is -2.86. The van der Waals surface area contributed by atoms with E-state index in [1.165, 1.54) is 0 Å². The molecule has 5 nitrogen and oxygen atoms in total. The number of carbonyl (C=O) groups is 1. The maximum Gasteiger partial charge on any atom is 0.338 e. The van der Waals surface area contributed by atoms with Crippen molar-refractivity contribution in [3.05, 3.63) is 77.0 Å². The van der Waals surface area contributed by atoms with Gasteiger partial charge < -0.3 is 20.1 Å². The molecule has 1 aliphatic rings. The molecule has 0 radical (unpaired) electrons. The van der Waals surface area contributed by atoms with E-state index in [0.29, 0.717) is 36.0 Å². The van der Waals surface area contributed by atoms with Gasteiger partial charge in [-0.05, 0) is 37.2 Å². The van der Waals surface area contributed by atoms with Crippen molar-refractivity contribution in [1.82, 2.24) is 10.6 Å². The lowest BCUT2D eigenvalue weighted by atomic mass is 9.95. The summed E-state index contributed by atoms with van der Waals surface area (Å²) in [6.07, 6.45) is 1.56. The molecule has 2 aromatic rings. The van der Waals surface area contributed by atoms with Crippen LogP contribution in [0.2, 0.25) is 0 Å². The van der Waals surface area contributed by atoms with Crippen LogP contribution in [-0.4, -0.2) is 24.3 Å². The number of esters is 1. The molecule has 0 amide bonds. The first-order chi connectivity index (χ1) is 14.1. The molecule has 152 valence electrons. The third kappa shape index (κ3) is 5.35. The Balaban J connectivity index is 1.80. The molecule has 0 saturated heterocycles. The van der Waals surface area contributed by atoms with E-state index in [2.05, 4.69) is 17.6 Å². The smallest absolute Gasteiger partial charge is 0.338 e. The molecule has 0 aromatic heterocycles. The minimum Gasteiger partial charge on any atom is -0.493 e. The lowest BCUT2D eigenvalue weighted by Gasteiger charge is -2.30. The second-order valence-electron chi connectivity index (χ2n) is 6.83. The predicted octanol–water partition coefficient (Wildman–Crippen LogP) is 4.05. The largest absolute Gasteiger partial charge is 0.493 e. The Labute approximate surface area is 177 Å². The summed E-state index contributed by atoms with van der Waals surface area (Å²) >= 11 is 5.33. The van der Waals surface area contributed by atoms with Crippen LogP contribution >= 0.6 is 12.2 Å². The van der Waals surface area contributed by atoms with Crippen LogP contribution in [0.5, 0.6) is 5.75 Å². The summed E-state index contributed by atoms with van der Waals surface area (Å²) in [5.41, 5.74) is 3.19. The average Bonchev–Trinajstić information content (AvgIpc) is 2.72. The number of thiocarbonyl (C=S) groups is 1. The monoisotopic (exact) mass is 410 g/mol. The number of rotatable bonds is 8. The third-order valence-electron chi connectivity index (χ3n) is 4.65. The van der Waals surface area contributed by atoms with E-state index in [1.807, 2.05) is 61.5 Å². The van der Waals surface area contributed by atoms with Gasteiger partial charge in [-0.25, -0.2) is 4.79 Å². The zero-order valence-corrected chi connectivity index (χ0v) is 17.6. The third-order valence-corrected chi connectivity index (χ3v) is 4.87. The normalized spacial score (nSPS) is 16.1.